The number of rotatable bonds is 4. The lowest BCUT2D eigenvalue weighted by atomic mass is 10.1. The van der Waals surface area contributed by atoms with Crippen LogP contribution in [0.25, 0.3) is 0 Å². The second-order valence-corrected chi connectivity index (χ2v) is 3.34. The second kappa shape index (κ2) is 5.20. The van der Waals surface area contributed by atoms with E-state index in [1.165, 1.54) is 6.07 Å². The van der Waals surface area contributed by atoms with Crippen LogP contribution in [0.5, 0.6) is 0 Å². The summed E-state index contributed by atoms with van der Waals surface area (Å²) < 4.78 is 12.9. The maximum absolute atomic E-state index is 12.9. The lowest BCUT2D eigenvalue weighted by molar-refractivity contribution is 0.284. The minimum absolute atomic E-state index is 0.158. The van der Waals surface area contributed by atoms with Crippen LogP contribution in [0.3, 0.4) is 0 Å². The SMILES string of the molecule is OCCCCc1ccc(Cl)c(F)c1. The van der Waals surface area contributed by atoms with Gasteiger partial charge in [0.15, 0.2) is 0 Å². The Balaban J connectivity index is 2.53. The Labute approximate surface area is 82.2 Å². The number of aliphatic hydroxyl groups is 1. The van der Waals surface area contributed by atoms with E-state index in [9.17, 15) is 4.39 Å². The van der Waals surface area contributed by atoms with E-state index in [1.54, 1.807) is 6.07 Å². The number of benzene rings is 1. The number of aryl methyl sites for hydroxylation is 1. The molecule has 13 heavy (non-hydrogen) atoms. The molecule has 0 aliphatic rings. The van der Waals surface area contributed by atoms with E-state index < -0.39 is 0 Å². The second-order valence-electron chi connectivity index (χ2n) is 2.93. The minimum atomic E-state index is -0.372. The third-order valence-corrected chi connectivity index (χ3v) is 2.16. The molecule has 0 spiro atoms. The number of unbranched alkanes of at least 4 members (excludes halogenated alkanes) is 1. The molecular formula is C10H12ClFO. The molecule has 0 fully saturated rings. The Morgan fingerprint density at radius 2 is 2.08 bits per heavy atom. The Morgan fingerprint density at radius 1 is 1.31 bits per heavy atom. The molecule has 0 saturated carbocycles. The largest absolute Gasteiger partial charge is 0.396 e. The molecule has 0 heterocycles. The predicted molar refractivity (Wildman–Crippen MR) is 51.4 cm³/mol. The maximum Gasteiger partial charge on any atom is 0.142 e. The van der Waals surface area contributed by atoms with Crippen LogP contribution in [-0.2, 0) is 6.42 Å². The summed E-state index contributed by atoms with van der Waals surface area (Å²) in [6.45, 7) is 0.191. The van der Waals surface area contributed by atoms with Crippen molar-refractivity contribution in [2.24, 2.45) is 0 Å². The van der Waals surface area contributed by atoms with E-state index >= 15 is 0 Å². The van der Waals surface area contributed by atoms with E-state index in [4.69, 9.17) is 16.7 Å². The molecule has 0 aromatic heterocycles. The zero-order chi connectivity index (χ0) is 9.68. The van der Waals surface area contributed by atoms with Crippen LogP contribution in [0.1, 0.15) is 18.4 Å². The molecule has 0 unspecified atom stereocenters. The molecule has 0 amide bonds. The van der Waals surface area contributed by atoms with Crippen LogP contribution in [0, 0.1) is 5.82 Å². The molecule has 0 aliphatic heterocycles. The summed E-state index contributed by atoms with van der Waals surface area (Å²) in [5, 5.41) is 8.71. The fourth-order valence-electron chi connectivity index (χ4n) is 1.14. The van der Waals surface area contributed by atoms with Gasteiger partial charge in [-0.05, 0) is 37.0 Å². The van der Waals surface area contributed by atoms with E-state index in [0.717, 1.165) is 24.8 Å². The monoisotopic (exact) mass is 202 g/mol. The summed E-state index contributed by atoms with van der Waals surface area (Å²) in [4.78, 5) is 0. The summed E-state index contributed by atoms with van der Waals surface area (Å²) in [5.41, 5.74) is 0.926. The molecule has 3 heteroatoms. The number of halogens is 2. The summed E-state index contributed by atoms with van der Waals surface area (Å²) >= 11 is 5.53. The van der Waals surface area contributed by atoms with Gasteiger partial charge < -0.3 is 5.11 Å². The first-order valence-electron chi connectivity index (χ1n) is 4.29. The number of hydrogen-bond donors (Lipinski definition) is 1. The van der Waals surface area contributed by atoms with Crippen LogP contribution in [0.4, 0.5) is 4.39 Å². The Hall–Kier alpha value is -0.600. The number of hydrogen-bond acceptors (Lipinski definition) is 1. The predicted octanol–water partition coefficient (Wildman–Crippen LogP) is 2.79. The lowest BCUT2D eigenvalue weighted by Gasteiger charge is -2.01. The zero-order valence-electron chi connectivity index (χ0n) is 7.26. The van der Waals surface area contributed by atoms with Crippen molar-refractivity contribution < 1.29 is 9.50 Å². The van der Waals surface area contributed by atoms with Crippen molar-refractivity contribution in [2.45, 2.75) is 19.3 Å². The van der Waals surface area contributed by atoms with Gasteiger partial charge in [-0.15, -0.1) is 0 Å². The highest BCUT2D eigenvalue weighted by Gasteiger charge is 2.00. The van der Waals surface area contributed by atoms with Gasteiger partial charge in [0.1, 0.15) is 5.82 Å². The molecule has 1 rings (SSSR count). The Morgan fingerprint density at radius 3 is 2.69 bits per heavy atom. The summed E-state index contributed by atoms with van der Waals surface area (Å²) in [7, 11) is 0. The molecule has 1 nitrogen and oxygen atoms in total. The van der Waals surface area contributed by atoms with Crippen molar-refractivity contribution >= 4 is 11.6 Å². The van der Waals surface area contributed by atoms with Crippen LogP contribution < -0.4 is 0 Å². The third kappa shape index (κ3) is 3.33. The first kappa shape index (κ1) is 10.5. The van der Waals surface area contributed by atoms with Crippen LogP contribution in [-0.4, -0.2) is 11.7 Å². The highest BCUT2D eigenvalue weighted by Crippen LogP contribution is 2.16. The molecular weight excluding hydrogens is 191 g/mol. The van der Waals surface area contributed by atoms with Gasteiger partial charge in [0.05, 0.1) is 5.02 Å². The lowest BCUT2D eigenvalue weighted by Crippen LogP contribution is -1.89. The average molecular weight is 203 g/mol. The fourth-order valence-corrected chi connectivity index (χ4v) is 1.25. The fraction of sp³-hybridized carbons (Fsp3) is 0.400. The maximum atomic E-state index is 12.9. The molecule has 0 saturated heterocycles. The molecule has 1 aromatic rings. The highest BCUT2D eigenvalue weighted by atomic mass is 35.5. The van der Waals surface area contributed by atoms with E-state index in [-0.39, 0.29) is 17.4 Å². The minimum Gasteiger partial charge on any atom is -0.396 e. The highest BCUT2D eigenvalue weighted by molar-refractivity contribution is 6.30. The molecule has 0 atom stereocenters. The van der Waals surface area contributed by atoms with Crippen LogP contribution in [0.15, 0.2) is 18.2 Å². The smallest absolute Gasteiger partial charge is 0.142 e. The molecule has 1 N–H and O–H groups in total. The molecule has 72 valence electrons. The van der Waals surface area contributed by atoms with Gasteiger partial charge in [-0.1, -0.05) is 17.7 Å². The van der Waals surface area contributed by atoms with E-state index in [2.05, 4.69) is 0 Å². The topological polar surface area (TPSA) is 20.2 Å². The van der Waals surface area contributed by atoms with Crippen molar-refractivity contribution in [1.82, 2.24) is 0 Å². The molecule has 0 bridgehead atoms. The normalized spacial score (nSPS) is 10.4. The standard InChI is InChI=1S/C10H12ClFO/c11-9-5-4-8(7-10(9)12)3-1-2-6-13/h4-5,7,13H,1-3,6H2. The summed E-state index contributed by atoms with van der Waals surface area (Å²) in [5.74, 6) is -0.372. The Bertz CT molecular complexity index is 276. The van der Waals surface area contributed by atoms with E-state index in [0.29, 0.717) is 0 Å². The van der Waals surface area contributed by atoms with Gasteiger partial charge in [0, 0.05) is 6.61 Å². The van der Waals surface area contributed by atoms with Crippen LogP contribution in [0.2, 0.25) is 5.02 Å². The van der Waals surface area contributed by atoms with Crippen molar-refractivity contribution in [3.63, 3.8) is 0 Å². The van der Waals surface area contributed by atoms with Crippen molar-refractivity contribution in [3.8, 4) is 0 Å². The Kier molecular flexibility index (Phi) is 4.19. The molecule has 0 radical (unpaired) electrons. The van der Waals surface area contributed by atoms with Gasteiger partial charge >= 0.3 is 0 Å². The van der Waals surface area contributed by atoms with Gasteiger partial charge in [0.25, 0.3) is 0 Å². The quantitative estimate of drug-likeness (QED) is 0.745. The van der Waals surface area contributed by atoms with Crippen LogP contribution >= 0.6 is 11.6 Å². The van der Waals surface area contributed by atoms with Gasteiger partial charge in [0.2, 0.25) is 0 Å². The van der Waals surface area contributed by atoms with Gasteiger partial charge in [-0.2, -0.15) is 0 Å². The zero-order valence-corrected chi connectivity index (χ0v) is 8.02. The number of aliphatic hydroxyl groups excluding tert-OH is 1. The summed E-state index contributed by atoms with van der Waals surface area (Å²) in [6, 6.07) is 4.81. The van der Waals surface area contributed by atoms with Crippen molar-refractivity contribution in [2.75, 3.05) is 6.61 Å². The third-order valence-electron chi connectivity index (χ3n) is 1.86. The van der Waals surface area contributed by atoms with Gasteiger partial charge in [-0.3, -0.25) is 0 Å². The van der Waals surface area contributed by atoms with Gasteiger partial charge in [-0.25, -0.2) is 4.39 Å². The van der Waals surface area contributed by atoms with Crippen molar-refractivity contribution in [1.29, 1.82) is 0 Å². The molecule has 0 aliphatic carbocycles. The first-order valence-corrected chi connectivity index (χ1v) is 4.66. The first-order chi connectivity index (χ1) is 6.24. The van der Waals surface area contributed by atoms with E-state index in [1.807, 2.05) is 6.07 Å². The molecule has 1 aromatic carbocycles. The average Bonchev–Trinajstić information content (AvgIpc) is 2.12. The summed E-state index contributed by atoms with van der Waals surface area (Å²) in [6.07, 6.45) is 2.41. The van der Waals surface area contributed by atoms with Crippen molar-refractivity contribution in [3.05, 3.63) is 34.6 Å².